The first-order chi connectivity index (χ1) is 11.3. The number of hydrogen-bond donors (Lipinski definition) is 1. The molecule has 6 heteroatoms. The normalized spacial score (nSPS) is 11.0. The lowest BCUT2D eigenvalue weighted by Gasteiger charge is -2.09. The fourth-order valence-electron chi connectivity index (χ4n) is 2.69. The van der Waals surface area contributed by atoms with Crippen LogP contribution in [0.25, 0.3) is 16.6 Å². The van der Waals surface area contributed by atoms with Crippen LogP contribution in [0.3, 0.4) is 0 Å². The van der Waals surface area contributed by atoms with Crippen LogP contribution in [0.1, 0.15) is 5.82 Å². The Morgan fingerprint density at radius 1 is 1.04 bits per heavy atom. The van der Waals surface area contributed by atoms with Crippen molar-refractivity contribution in [1.29, 1.82) is 0 Å². The second-order valence-corrected chi connectivity index (χ2v) is 5.31. The van der Waals surface area contributed by atoms with Gasteiger partial charge in [0.1, 0.15) is 6.33 Å². The van der Waals surface area contributed by atoms with Gasteiger partial charge >= 0.3 is 0 Å². The molecule has 0 aliphatic carbocycles. The summed E-state index contributed by atoms with van der Waals surface area (Å²) in [5.41, 5.74) is 3.19. The van der Waals surface area contributed by atoms with Crippen LogP contribution in [0.4, 0.5) is 5.69 Å². The predicted octanol–water partition coefficient (Wildman–Crippen LogP) is 2.77. The first-order valence-corrected chi connectivity index (χ1v) is 7.42. The van der Waals surface area contributed by atoms with E-state index in [2.05, 4.69) is 26.7 Å². The number of hydrogen-bond acceptors (Lipinski definition) is 4. The molecule has 2 aromatic heterocycles. The average Bonchev–Trinajstić information content (AvgIpc) is 3.21. The molecule has 4 rings (SSSR count). The fourth-order valence-corrected chi connectivity index (χ4v) is 2.69. The summed E-state index contributed by atoms with van der Waals surface area (Å²) in [4.78, 5) is 0. The lowest BCUT2D eigenvalue weighted by atomic mass is 10.2. The highest BCUT2D eigenvalue weighted by Gasteiger charge is 2.08. The zero-order valence-electron chi connectivity index (χ0n) is 12.7. The van der Waals surface area contributed by atoms with E-state index in [1.54, 1.807) is 6.33 Å². The summed E-state index contributed by atoms with van der Waals surface area (Å²) in [7, 11) is 1.94. The van der Waals surface area contributed by atoms with E-state index in [4.69, 9.17) is 0 Å². The van der Waals surface area contributed by atoms with Gasteiger partial charge in [-0.3, -0.25) is 9.25 Å². The zero-order chi connectivity index (χ0) is 15.6. The minimum absolute atomic E-state index is 0.586. The van der Waals surface area contributed by atoms with E-state index >= 15 is 0 Å². The van der Waals surface area contributed by atoms with Crippen LogP contribution in [-0.2, 0) is 13.6 Å². The number of aryl methyl sites for hydroxylation is 1. The Kier molecular flexibility index (Phi) is 3.27. The Morgan fingerprint density at radius 2 is 1.91 bits per heavy atom. The van der Waals surface area contributed by atoms with Gasteiger partial charge in [-0.15, -0.1) is 10.2 Å². The van der Waals surface area contributed by atoms with Crippen LogP contribution in [-0.4, -0.2) is 24.5 Å². The molecule has 0 spiro atoms. The first-order valence-electron chi connectivity index (χ1n) is 7.42. The molecule has 0 aliphatic heterocycles. The quantitative estimate of drug-likeness (QED) is 0.630. The molecule has 23 heavy (non-hydrogen) atoms. The molecule has 0 fully saturated rings. The highest BCUT2D eigenvalue weighted by Crippen LogP contribution is 2.23. The van der Waals surface area contributed by atoms with Crippen molar-refractivity contribution in [1.82, 2.24) is 24.5 Å². The number of nitrogens with one attached hydrogen (secondary N) is 1. The Labute approximate surface area is 133 Å². The molecule has 0 amide bonds. The van der Waals surface area contributed by atoms with E-state index < -0.39 is 0 Å². The van der Waals surface area contributed by atoms with Crippen molar-refractivity contribution in [2.75, 3.05) is 5.32 Å². The summed E-state index contributed by atoms with van der Waals surface area (Å²) in [5, 5.41) is 17.1. The summed E-state index contributed by atoms with van der Waals surface area (Å²) in [6, 6.07) is 16.2. The number of anilines is 1. The molecule has 0 atom stereocenters. The first kappa shape index (κ1) is 13.5. The van der Waals surface area contributed by atoms with Crippen LogP contribution in [0.15, 0.2) is 61.1 Å². The molecule has 1 N–H and O–H groups in total. The van der Waals surface area contributed by atoms with Crippen molar-refractivity contribution < 1.29 is 0 Å². The van der Waals surface area contributed by atoms with E-state index in [1.807, 2.05) is 65.0 Å². The number of aromatic nitrogens is 5. The minimum Gasteiger partial charge on any atom is -0.377 e. The SMILES string of the molecule is Cn1ncc2c(NCc3nncn3-c3ccccc3)cccc21. The maximum absolute atomic E-state index is 4.31. The second-order valence-electron chi connectivity index (χ2n) is 5.31. The highest BCUT2D eigenvalue weighted by molar-refractivity contribution is 5.91. The average molecular weight is 304 g/mol. The van der Waals surface area contributed by atoms with Crippen molar-refractivity contribution in [3.05, 3.63) is 66.9 Å². The fraction of sp³-hybridized carbons (Fsp3) is 0.118. The van der Waals surface area contributed by atoms with Crippen molar-refractivity contribution in [3.8, 4) is 5.69 Å². The van der Waals surface area contributed by atoms with Crippen LogP contribution in [0.5, 0.6) is 0 Å². The van der Waals surface area contributed by atoms with Gasteiger partial charge in [-0.25, -0.2) is 0 Å². The molecule has 2 heterocycles. The molecule has 0 saturated heterocycles. The predicted molar refractivity (Wildman–Crippen MR) is 89.4 cm³/mol. The Hall–Kier alpha value is -3.15. The zero-order valence-corrected chi connectivity index (χ0v) is 12.7. The Balaban J connectivity index is 1.61. The van der Waals surface area contributed by atoms with Crippen LogP contribution >= 0.6 is 0 Å². The maximum Gasteiger partial charge on any atom is 0.156 e. The largest absolute Gasteiger partial charge is 0.377 e. The molecule has 0 bridgehead atoms. The van der Waals surface area contributed by atoms with Crippen LogP contribution < -0.4 is 5.32 Å². The second kappa shape index (κ2) is 5.57. The number of benzene rings is 2. The molecule has 6 nitrogen and oxygen atoms in total. The lowest BCUT2D eigenvalue weighted by molar-refractivity contribution is 0.797. The van der Waals surface area contributed by atoms with Crippen molar-refractivity contribution in [2.24, 2.45) is 7.05 Å². The van der Waals surface area contributed by atoms with Gasteiger partial charge in [0.15, 0.2) is 5.82 Å². The van der Waals surface area contributed by atoms with Gasteiger partial charge in [0.05, 0.1) is 18.3 Å². The van der Waals surface area contributed by atoms with Gasteiger partial charge in [-0.2, -0.15) is 5.10 Å². The molecular formula is C17H16N6. The molecule has 2 aromatic carbocycles. The van der Waals surface area contributed by atoms with Crippen LogP contribution in [0, 0.1) is 0 Å². The molecule has 0 unspecified atom stereocenters. The van der Waals surface area contributed by atoms with Gasteiger partial charge in [0.25, 0.3) is 0 Å². The monoisotopic (exact) mass is 304 g/mol. The number of para-hydroxylation sites is 1. The number of rotatable bonds is 4. The molecule has 0 aliphatic rings. The molecule has 114 valence electrons. The number of nitrogens with zero attached hydrogens (tertiary/aromatic N) is 5. The molecule has 0 radical (unpaired) electrons. The third kappa shape index (κ3) is 2.44. The standard InChI is InChI=1S/C17H16N6/c1-22-16-9-5-8-15(14(16)10-20-22)18-11-17-21-19-12-23(17)13-6-3-2-4-7-13/h2-10,12,18H,11H2,1H3. The Bertz CT molecular complexity index is 938. The summed E-state index contributed by atoms with van der Waals surface area (Å²) in [6.07, 6.45) is 3.61. The summed E-state index contributed by atoms with van der Waals surface area (Å²) < 4.78 is 3.85. The van der Waals surface area contributed by atoms with E-state index in [1.165, 1.54) is 0 Å². The topological polar surface area (TPSA) is 60.6 Å². The van der Waals surface area contributed by atoms with Crippen molar-refractivity contribution in [2.45, 2.75) is 6.54 Å². The minimum atomic E-state index is 0.586. The van der Waals surface area contributed by atoms with Gasteiger partial charge in [-0.05, 0) is 24.3 Å². The van der Waals surface area contributed by atoms with E-state index in [9.17, 15) is 0 Å². The third-order valence-electron chi connectivity index (χ3n) is 3.88. The van der Waals surface area contributed by atoms with Gasteiger partial charge < -0.3 is 5.32 Å². The van der Waals surface area contributed by atoms with Gasteiger partial charge in [0, 0.05) is 23.8 Å². The smallest absolute Gasteiger partial charge is 0.156 e. The van der Waals surface area contributed by atoms with Gasteiger partial charge in [0.2, 0.25) is 0 Å². The Morgan fingerprint density at radius 3 is 2.78 bits per heavy atom. The van der Waals surface area contributed by atoms with E-state index in [0.717, 1.165) is 28.1 Å². The lowest BCUT2D eigenvalue weighted by Crippen LogP contribution is -2.07. The summed E-state index contributed by atoms with van der Waals surface area (Å²) >= 11 is 0. The third-order valence-corrected chi connectivity index (χ3v) is 3.88. The number of fused-ring (bicyclic) bond motifs is 1. The summed E-state index contributed by atoms with van der Waals surface area (Å²) in [5.74, 6) is 0.858. The highest BCUT2D eigenvalue weighted by atomic mass is 15.3. The van der Waals surface area contributed by atoms with E-state index in [0.29, 0.717) is 6.54 Å². The molecule has 0 saturated carbocycles. The van der Waals surface area contributed by atoms with Crippen LogP contribution in [0.2, 0.25) is 0 Å². The van der Waals surface area contributed by atoms with E-state index in [-0.39, 0.29) is 0 Å². The van der Waals surface area contributed by atoms with Crippen molar-refractivity contribution >= 4 is 16.6 Å². The summed E-state index contributed by atoms with van der Waals surface area (Å²) in [6.45, 7) is 0.586. The molecular weight excluding hydrogens is 288 g/mol. The van der Waals surface area contributed by atoms with Crippen molar-refractivity contribution in [3.63, 3.8) is 0 Å². The molecule has 4 aromatic rings. The van der Waals surface area contributed by atoms with Gasteiger partial charge in [-0.1, -0.05) is 24.3 Å². The maximum atomic E-state index is 4.31.